The molecule has 0 spiro atoms. The van der Waals surface area contributed by atoms with Crippen molar-refractivity contribution in [1.29, 1.82) is 0 Å². The summed E-state index contributed by atoms with van der Waals surface area (Å²) in [6.07, 6.45) is 12.1. The number of nitrogens with zero attached hydrogens (tertiary/aromatic N) is 1. The third-order valence-electron chi connectivity index (χ3n) is 7.52. The van der Waals surface area contributed by atoms with Crippen LogP contribution in [0.4, 0.5) is 0 Å². The highest BCUT2D eigenvalue weighted by Gasteiger charge is 2.53. The largest absolute Gasteiger partial charge is 0.311 e. The van der Waals surface area contributed by atoms with Gasteiger partial charge in [-0.15, -0.1) is 0 Å². The zero-order chi connectivity index (χ0) is 14.4. The van der Waals surface area contributed by atoms with Crippen LogP contribution in [0.15, 0.2) is 0 Å². The summed E-state index contributed by atoms with van der Waals surface area (Å²) in [6.45, 7) is 8.67. The van der Waals surface area contributed by atoms with Gasteiger partial charge < -0.3 is 10.2 Å². The molecule has 1 heterocycles. The van der Waals surface area contributed by atoms with E-state index in [2.05, 4.69) is 24.1 Å². The Morgan fingerprint density at radius 3 is 2.00 bits per heavy atom. The molecule has 0 aromatic carbocycles. The van der Waals surface area contributed by atoms with Gasteiger partial charge in [-0.25, -0.2) is 0 Å². The Kier molecular flexibility index (Phi) is 3.82. The highest BCUT2D eigenvalue weighted by Crippen LogP contribution is 2.61. The van der Waals surface area contributed by atoms with Gasteiger partial charge in [-0.1, -0.05) is 6.92 Å². The van der Waals surface area contributed by atoms with E-state index in [1.165, 1.54) is 32.5 Å². The van der Waals surface area contributed by atoms with Gasteiger partial charge in [0.2, 0.25) is 0 Å². The molecule has 1 saturated heterocycles. The number of piperidine rings is 1. The van der Waals surface area contributed by atoms with Crippen molar-refractivity contribution >= 4 is 0 Å². The zero-order valence-electron chi connectivity index (χ0n) is 14.1. The van der Waals surface area contributed by atoms with Crippen LogP contribution in [-0.4, -0.2) is 36.6 Å². The van der Waals surface area contributed by atoms with Gasteiger partial charge in [0.05, 0.1) is 0 Å². The summed E-state index contributed by atoms with van der Waals surface area (Å²) in [5.74, 6) is 3.26. The Labute approximate surface area is 131 Å². The van der Waals surface area contributed by atoms with Gasteiger partial charge in [0.15, 0.2) is 0 Å². The van der Waals surface area contributed by atoms with Crippen molar-refractivity contribution in [2.24, 2.45) is 23.2 Å². The lowest BCUT2D eigenvalue weighted by molar-refractivity contribution is -0.0731. The van der Waals surface area contributed by atoms with Gasteiger partial charge in [0, 0.05) is 12.1 Å². The Morgan fingerprint density at radius 1 is 1.00 bits per heavy atom. The van der Waals surface area contributed by atoms with E-state index in [1.807, 2.05) is 0 Å². The fourth-order valence-corrected chi connectivity index (χ4v) is 6.65. The minimum Gasteiger partial charge on any atom is -0.311 e. The molecule has 4 aliphatic carbocycles. The first kappa shape index (κ1) is 14.5. The van der Waals surface area contributed by atoms with Gasteiger partial charge >= 0.3 is 0 Å². The lowest BCUT2D eigenvalue weighted by Crippen LogP contribution is -2.57. The monoisotopic (exact) mass is 290 g/mol. The third kappa shape index (κ3) is 2.67. The molecule has 1 N–H and O–H groups in total. The average Bonchev–Trinajstić information content (AvgIpc) is 2.46. The molecule has 5 aliphatic rings. The fraction of sp³-hybridized carbons (Fsp3) is 1.00. The molecule has 4 saturated carbocycles. The van der Waals surface area contributed by atoms with Gasteiger partial charge in [-0.2, -0.15) is 0 Å². The molecule has 120 valence electrons. The maximum Gasteiger partial charge on any atom is 0.00981 e. The van der Waals surface area contributed by atoms with E-state index in [0.717, 1.165) is 29.8 Å². The quantitative estimate of drug-likeness (QED) is 0.850. The summed E-state index contributed by atoms with van der Waals surface area (Å²) >= 11 is 0. The van der Waals surface area contributed by atoms with Gasteiger partial charge in [0.1, 0.15) is 0 Å². The Hall–Kier alpha value is -0.0800. The van der Waals surface area contributed by atoms with Crippen LogP contribution in [0.5, 0.6) is 0 Å². The minimum atomic E-state index is 0.677. The second kappa shape index (κ2) is 5.53. The van der Waals surface area contributed by atoms with Crippen LogP contribution >= 0.6 is 0 Å². The maximum absolute atomic E-state index is 4.09. The molecule has 1 aliphatic heterocycles. The van der Waals surface area contributed by atoms with Crippen molar-refractivity contribution in [3.05, 3.63) is 0 Å². The van der Waals surface area contributed by atoms with E-state index in [-0.39, 0.29) is 0 Å². The standard InChI is InChI=1S/C19H34N2/c1-3-21-6-4-18(5-7-21)20-14(2)19-11-15-8-16(12-19)10-17(9-15)13-19/h14-18,20H,3-13H2,1-2H3. The van der Waals surface area contributed by atoms with Gasteiger partial charge in [-0.05, 0) is 101 Å². The number of likely N-dealkylation sites (tertiary alicyclic amines) is 1. The number of hydrogen-bond acceptors (Lipinski definition) is 2. The normalized spacial score (nSPS) is 45.1. The molecule has 1 atom stereocenters. The van der Waals surface area contributed by atoms with Crippen LogP contribution in [0.25, 0.3) is 0 Å². The van der Waals surface area contributed by atoms with E-state index >= 15 is 0 Å². The first-order valence-corrected chi connectivity index (χ1v) is 9.65. The van der Waals surface area contributed by atoms with E-state index in [4.69, 9.17) is 0 Å². The maximum atomic E-state index is 4.09. The van der Waals surface area contributed by atoms with Crippen molar-refractivity contribution in [2.45, 2.75) is 77.3 Å². The molecule has 0 aromatic heterocycles. The van der Waals surface area contributed by atoms with Crippen molar-refractivity contribution < 1.29 is 0 Å². The molecule has 5 rings (SSSR count). The van der Waals surface area contributed by atoms with Crippen LogP contribution < -0.4 is 5.32 Å². The number of rotatable bonds is 4. The smallest absolute Gasteiger partial charge is 0.00981 e. The molecule has 2 heteroatoms. The topological polar surface area (TPSA) is 15.3 Å². The predicted molar refractivity (Wildman–Crippen MR) is 88.3 cm³/mol. The lowest BCUT2D eigenvalue weighted by atomic mass is 9.48. The highest BCUT2D eigenvalue weighted by atomic mass is 15.1. The molecule has 2 nitrogen and oxygen atoms in total. The first-order valence-electron chi connectivity index (χ1n) is 9.65. The molecule has 0 aromatic rings. The zero-order valence-corrected chi connectivity index (χ0v) is 14.1. The molecule has 0 amide bonds. The van der Waals surface area contributed by atoms with Crippen molar-refractivity contribution in [3.8, 4) is 0 Å². The predicted octanol–water partition coefficient (Wildman–Crippen LogP) is 3.67. The fourth-order valence-electron chi connectivity index (χ4n) is 6.65. The SMILES string of the molecule is CCN1CCC(NC(C)C23CC4CC(CC(C4)C2)C3)CC1. The second-order valence-electron chi connectivity index (χ2n) is 8.88. The molecular formula is C19H34N2. The molecule has 1 unspecified atom stereocenters. The molecule has 0 radical (unpaired) electrons. The summed E-state index contributed by atoms with van der Waals surface area (Å²) in [5.41, 5.74) is 0.677. The summed E-state index contributed by atoms with van der Waals surface area (Å²) in [5, 5.41) is 4.09. The molecule has 4 bridgehead atoms. The van der Waals surface area contributed by atoms with Crippen LogP contribution in [0.3, 0.4) is 0 Å². The van der Waals surface area contributed by atoms with Gasteiger partial charge in [0.25, 0.3) is 0 Å². The lowest BCUT2D eigenvalue weighted by Gasteiger charge is -2.59. The number of hydrogen-bond donors (Lipinski definition) is 1. The first-order chi connectivity index (χ1) is 10.2. The van der Waals surface area contributed by atoms with Crippen LogP contribution in [0, 0.1) is 23.2 Å². The van der Waals surface area contributed by atoms with E-state index in [9.17, 15) is 0 Å². The van der Waals surface area contributed by atoms with Crippen molar-refractivity contribution in [3.63, 3.8) is 0 Å². The summed E-state index contributed by atoms with van der Waals surface area (Å²) in [6, 6.07) is 1.54. The van der Waals surface area contributed by atoms with Gasteiger partial charge in [-0.3, -0.25) is 0 Å². The second-order valence-corrected chi connectivity index (χ2v) is 8.88. The Morgan fingerprint density at radius 2 is 1.52 bits per heavy atom. The molecular weight excluding hydrogens is 256 g/mol. The minimum absolute atomic E-state index is 0.677. The number of nitrogens with one attached hydrogen (secondary N) is 1. The van der Waals surface area contributed by atoms with E-state index < -0.39 is 0 Å². The third-order valence-corrected chi connectivity index (χ3v) is 7.52. The molecule has 21 heavy (non-hydrogen) atoms. The Bertz CT molecular complexity index is 334. The summed E-state index contributed by atoms with van der Waals surface area (Å²) in [7, 11) is 0. The van der Waals surface area contributed by atoms with E-state index in [0.29, 0.717) is 5.41 Å². The van der Waals surface area contributed by atoms with Crippen LogP contribution in [0.2, 0.25) is 0 Å². The average molecular weight is 290 g/mol. The molecule has 5 fully saturated rings. The summed E-state index contributed by atoms with van der Waals surface area (Å²) < 4.78 is 0. The highest BCUT2D eigenvalue weighted by molar-refractivity contribution is 5.05. The summed E-state index contributed by atoms with van der Waals surface area (Å²) in [4.78, 5) is 2.60. The van der Waals surface area contributed by atoms with Crippen molar-refractivity contribution in [1.82, 2.24) is 10.2 Å². The van der Waals surface area contributed by atoms with Crippen LogP contribution in [0.1, 0.15) is 65.2 Å². The Balaban J connectivity index is 1.38. The van der Waals surface area contributed by atoms with Crippen molar-refractivity contribution in [2.75, 3.05) is 19.6 Å². The van der Waals surface area contributed by atoms with E-state index in [1.54, 1.807) is 38.5 Å². The van der Waals surface area contributed by atoms with Crippen LogP contribution in [-0.2, 0) is 0 Å².